The van der Waals surface area contributed by atoms with E-state index in [1.807, 2.05) is 0 Å². The fraction of sp³-hybridized carbons (Fsp3) is 0.250. The lowest BCUT2D eigenvalue weighted by Crippen LogP contribution is -2.53. The van der Waals surface area contributed by atoms with Crippen LogP contribution in [0.4, 0.5) is 5.69 Å². The van der Waals surface area contributed by atoms with Gasteiger partial charge in [-0.1, -0.05) is 29.8 Å². The Balaban J connectivity index is 1.30. The first-order valence-electron chi connectivity index (χ1n) is 12.3. The van der Waals surface area contributed by atoms with Crippen molar-refractivity contribution < 1.29 is 29.0 Å². The predicted molar refractivity (Wildman–Crippen MR) is 136 cm³/mol. The highest BCUT2D eigenvalue weighted by atomic mass is 35.5. The Kier molecular flexibility index (Phi) is 4.98. The quantitative estimate of drug-likeness (QED) is 0.443. The van der Waals surface area contributed by atoms with Crippen LogP contribution in [0.3, 0.4) is 0 Å². The number of nitrogens with zero attached hydrogens (tertiary/aromatic N) is 1. The third kappa shape index (κ3) is 3.25. The van der Waals surface area contributed by atoms with Crippen LogP contribution in [0.2, 0.25) is 5.02 Å². The number of phenolic OH excluding ortho intramolecular Hbond substituents is 1. The predicted octanol–water partition coefficient (Wildman–Crippen LogP) is 2.94. The molecule has 0 aliphatic carbocycles. The number of amides is 3. The smallest absolute Gasteiger partial charge is 0.250 e. The van der Waals surface area contributed by atoms with Crippen molar-refractivity contribution in [2.45, 2.75) is 24.5 Å². The van der Waals surface area contributed by atoms with Crippen molar-refractivity contribution in [3.8, 4) is 17.2 Å². The molecule has 0 radical (unpaired) electrons. The molecule has 2 fully saturated rings. The summed E-state index contributed by atoms with van der Waals surface area (Å²) in [6.07, 6.45) is 0.378. The average molecular weight is 532 g/mol. The normalized spacial score (nSPS) is 26.7. The number of anilines is 1. The lowest BCUT2D eigenvalue weighted by atomic mass is 9.76. The Morgan fingerprint density at radius 3 is 2.53 bits per heavy atom. The minimum atomic E-state index is -1.44. The van der Waals surface area contributed by atoms with E-state index in [4.69, 9.17) is 21.1 Å². The van der Waals surface area contributed by atoms with Crippen LogP contribution in [0.1, 0.15) is 16.7 Å². The van der Waals surface area contributed by atoms with E-state index in [1.54, 1.807) is 60.7 Å². The van der Waals surface area contributed by atoms with Crippen LogP contribution in [0.5, 0.6) is 17.2 Å². The third-order valence-electron chi connectivity index (χ3n) is 7.94. The van der Waals surface area contributed by atoms with Crippen LogP contribution in [0, 0.1) is 11.8 Å². The van der Waals surface area contributed by atoms with E-state index in [9.17, 15) is 19.5 Å². The molecule has 2 saturated heterocycles. The molecule has 10 heteroatoms. The summed E-state index contributed by atoms with van der Waals surface area (Å²) in [6, 6.07) is 16.5. The van der Waals surface area contributed by atoms with Crippen LogP contribution in [-0.2, 0) is 32.9 Å². The molecule has 0 saturated carbocycles. The van der Waals surface area contributed by atoms with E-state index in [0.717, 1.165) is 5.56 Å². The fourth-order valence-electron chi connectivity index (χ4n) is 6.27. The van der Waals surface area contributed by atoms with Crippen LogP contribution in [0.25, 0.3) is 0 Å². The van der Waals surface area contributed by atoms with Crippen molar-refractivity contribution in [2.75, 3.05) is 12.1 Å². The minimum Gasteiger partial charge on any atom is -0.508 e. The van der Waals surface area contributed by atoms with Crippen molar-refractivity contribution >= 4 is 35.0 Å². The zero-order valence-electron chi connectivity index (χ0n) is 19.9. The number of nitrogens with one attached hydrogen (secondary N) is 2. The maximum atomic E-state index is 14.0. The molecule has 3 N–H and O–H groups in total. The summed E-state index contributed by atoms with van der Waals surface area (Å²) in [6.45, 7) is 0.169. The largest absolute Gasteiger partial charge is 0.508 e. The molecule has 0 bridgehead atoms. The summed E-state index contributed by atoms with van der Waals surface area (Å²) in [5.74, 6) is -1.57. The molecule has 1 spiro atoms. The highest BCUT2D eigenvalue weighted by molar-refractivity contribution is 6.31. The number of carbonyl (C=O) groups excluding carboxylic acids is 3. The number of rotatable bonds is 4. The molecule has 4 aliphatic heterocycles. The third-order valence-corrected chi connectivity index (χ3v) is 8.17. The molecule has 0 unspecified atom stereocenters. The van der Waals surface area contributed by atoms with Gasteiger partial charge in [0.25, 0.3) is 0 Å². The molecule has 3 aromatic carbocycles. The minimum absolute atomic E-state index is 0.0489. The summed E-state index contributed by atoms with van der Waals surface area (Å²) in [5, 5.41) is 16.4. The first kappa shape index (κ1) is 23.1. The second-order valence-corrected chi connectivity index (χ2v) is 10.5. The number of hydrogen-bond acceptors (Lipinski definition) is 7. The molecule has 192 valence electrons. The first-order chi connectivity index (χ1) is 18.3. The van der Waals surface area contributed by atoms with E-state index in [-0.39, 0.29) is 30.9 Å². The number of halogens is 1. The number of fused-ring (bicyclic) bond motifs is 5. The van der Waals surface area contributed by atoms with Crippen LogP contribution < -0.4 is 20.1 Å². The van der Waals surface area contributed by atoms with E-state index in [1.165, 1.54) is 4.90 Å². The van der Waals surface area contributed by atoms with Gasteiger partial charge in [0.15, 0.2) is 11.5 Å². The molecule has 9 nitrogen and oxygen atoms in total. The molecular weight excluding hydrogens is 510 g/mol. The summed E-state index contributed by atoms with van der Waals surface area (Å²) >= 11 is 6.33. The van der Waals surface area contributed by atoms with Crippen molar-refractivity contribution in [1.29, 1.82) is 0 Å². The van der Waals surface area contributed by atoms with Gasteiger partial charge in [-0.05, 0) is 60.0 Å². The van der Waals surface area contributed by atoms with Crippen LogP contribution in [0.15, 0.2) is 60.7 Å². The van der Waals surface area contributed by atoms with Gasteiger partial charge >= 0.3 is 0 Å². The second-order valence-electron chi connectivity index (χ2n) is 10.0. The SMILES string of the molecule is O=C1[C@@H]2[C@@H](C(=O)N1Cc1ccc3c(c1)OCO3)[C@@]1(N[C@@H]2Cc2ccc(O)cc2)C(=O)Nc2ccc(Cl)cc21. The lowest BCUT2D eigenvalue weighted by Gasteiger charge is -2.29. The molecule has 0 aromatic heterocycles. The fourth-order valence-corrected chi connectivity index (χ4v) is 6.44. The number of ether oxygens (including phenoxy) is 2. The van der Waals surface area contributed by atoms with Gasteiger partial charge < -0.3 is 19.9 Å². The van der Waals surface area contributed by atoms with Gasteiger partial charge in [0.2, 0.25) is 24.5 Å². The van der Waals surface area contributed by atoms with Crippen molar-refractivity contribution in [3.63, 3.8) is 0 Å². The topological polar surface area (TPSA) is 117 Å². The van der Waals surface area contributed by atoms with Gasteiger partial charge in [-0.3, -0.25) is 24.6 Å². The second kappa shape index (κ2) is 8.21. The standard InChI is InChI=1S/C28H22ClN3O6/c29-16-4-7-19-18(11-16)28(27(36)30-19)24-23(20(31-28)9-14-1-5-17(33)6-2-14)25(34)32(26(24)35)12-15-3-8-21-22(10-15)38-13-37-21/h1-8,10-11,20,23-24,31,33H,9,12-13H2,(H,30,36)/t20-,23+,24+,28-/m1/s1. The Hall–Kier alpha value is -4.08. The number of phenols is 1. The number of likely N-dealkylation sites (tertiary alicyclic amines) is 1. The molecular formula is C28H22ClN3O6. The molecule has 4 atom stereocenters. The van der Waals surface area contributed by atoms with Gasteiger partial charge in [-0.2, -0.15) is 0 Å². The zero-order chi connectivity index (χ0) is 26.2. The first-order valence-corrected chi connectivity index (χ1v) is 12.6. The van der Waals surface area contributed by atoms with Gasteiger partial charge in [-0.15, -0.1) is 0 Å². The van der Waals surface area contributed by atoms with Crippen LogP contribution >= 0.6 is 11.6 Å². The Morgan fingerprint density at radius 2 is 1.71 bits per heavy atom. The maximum absolute atomic E-state index is 14.0. The molecule has 3 amide bonds. The summed E-state index contributed by atoms with van der Waals surface area (Å²) in [4.78, 5) is 42.8. The van der Waals surface area contributed by atoms with Gasteiger partial charge in [-0.25, -0.2) is 0 Å². The van der Waals surface area contributed by atoms with Crippen molar-refractivity contribution in [2.24, 2.45) is 11.8 Å². The van der Waals surface area contributed by atoms with E-state index < -0.39 is 29.3 Å². The highest BCUT2D eigenvalue weighted by Crippen LogP contribution is 2.54. The van der Waals surface area contributed by atoms with E-state index in [2.05, 4.69) is 10.6 Å². The summed E-state index contributed by atoms with van der Waals surface area (Å²) < 4.78 is 10.8. The Labute approximate surface area is 222 Å². The van der Waals surface area contributed by atoms with Gasteiger partial charge in [0, 0.05) is 22.3 Å². The molecule has 4 heterocycles. The van der Waals surface area contributed by atoms with Gasteiger partial charge in [0.05, 0.1) is 18.4 Å². The van der Waals surface area contributed by atoms with Crippen molar-refractivity contribution in [3.05, 3.63) is 82.4 Å². The number of imide groups is 1. The zero-order valence-corrected chi connectivity index (χ0v) is 20.7. The molecule has 7 rings (SSSR count). The number of hydrogen-bond donors (Lipinski definition) is 3. The Morgan fingerprint density at radius 1 is 0.947 bits per heavy atom. The monoisotopic (exact) mass is 531 g/mol. The van der Waals surface area contributed by atoms with Crippen LogP contribution in [-0.4, -0.2) is 40.6 Å². The summed E-state index contributed by atoms with van der Waals surface area (Å²) in [7, 11) is 0. The average Bonchev–Trinajstić information content (AvgIpc) is 3.63. The number of benzene rings is 3. The number of aromatic hydroxyl groups is 1. The molecule has 3 aromatic rings. The number of carbonyl (C=O) groups is 3. The van der Waals surface area contributed by atoms with Gasteiger partial charge in [0.1, 0.15) is 11.3 Å². The lowest BCUT2D eigenvalue weighted by molar-refractivity contribution is -0.143. The van der Waals surface area contributed by atoms with E-state index >= 15 is 0 Å². The maximum Gasteiger partial charge on any atom is 0.250 e. The molecule has 4 aliphatic rings. The molecule has 38 heavy (non-hydrogen) atoms. The van der Waals surface area contributed by atoms with Crippen molar-refractivity contribution in [1.82, 2.24) is 10.2 Å². The van der Waals surface area contributed by atoms with E-state index in [0.29, 0.717) is 39.8 Å². The highest BCUT2D eigenvalue weighted by Gasteiger charge is 2.70. The summed E-state index contributed by atoms with van der Waals surface area (Å²) in [5.41, 5.74) is 1.25. The Bertz CT molecular complexity index is 1530.